The molecule has 1 aliphatic carbocycles. The predicted molar refractivity (Wildman–Crippen MR) is 145 cm³/mol. The van der Waals surface area contributed by atoms with Crippen molar-refractivity contribution in [2.75, 3.05) is 13.7 Å². The molecule has 0 aromatic heterocycles. The van der Waals surface area contributed by atoms with Gasteiger partial charge < -0.3 is 9.47 Å². The van der Waals surface area contributed by atoms with Gasteiger partial charge in [0.15, 0.2) is 0 Å². The molecular formula is C31H47NO3. The molecule has 1 aromatic carbocycles. The summed E-state index contributed by atoms with van der Waals surface area (Å²) in [5.74, 6) is 8.71. The fourth-order valence-electron chi connectivity index (χ4n) is 4.84. The van der Waals surface area contributed by atoms with E-state index in [0.29, 0.717) is 25.6 Å². The van der Waals surface area contributed by atoms with Crippen molar-refractivity contribution in [3.05, 3.63) is 35.9 Å². The summed E-state index contributed by atoms with van der Waals surface area (Å²) in [5, 5.41) is 0. The average molecular weight is 482 g/mol. The third kappa shape index (κ3) is 12.4. The normalized spacial score (nSPS) is 19.7. The van der Waals surface area contributed by atoms with Crippen LogP contribution in [0, 0.1) is 35.5 Å². The minimum absolute atomic E-state index is 0.0417. The van der Waals surface area contributed by atoms with Crippen LogP contribution in [0.15, 0.2) is 35.3 Å². The van der Waals surface area contributed by atoms with Crippen molar-refractivity contribution in [3.8, 4) is 11.8 Å². The van der Waals surface area contributed by atoms with E-state index in [2.05, 4.69) is 42.8 Å². The lowest BCUT2D eigenvalue weighted by Crippen LogP contribution is -2.27. The van der Waals surface area contributed by atoms with E-state index >= 15 is 0 Å². The Hall–Kier alpha value is -2.12. The molecule has 1 aliphatic rings. The van der Waals surface area contributed by atoms with Crippen LogP contribution in [0.5, 0.6) is 0 Å². The van der Waals surface area contributed by atoms with Crippen LogP contribution in [0.2, 0.25) is 0 Å². The summed E-state index contributed by atoms with van der Waals surface area (Å²) >= 11 is 0. The van der Waals surface area contributed by atoms with Gasteiger partial charge in [-0.3, -0.25) is 9.79 Å². The van der Waals surface area contributed by atoms with Gasteiger partial charge in [-0.2, -0.15) is 0 Å². The molecule has 0 N–H and O–H groups in total. The standard InChI is InChI=1S/C31H47NO3/c1-24(2)21-26-16-14-25(15-17-26)18-19-29(32-6)28(22-30(33)35-31(3,4)5)13-10-20-34-23-27-11-8-7-9-12-27/h7-9,11-12,24-26,28H,10,13-17,20-23H2,1-6H3/t25-,26-,28?. The molecule has 0 saturated heterocycles. The maximum atomic E-state index is 12.6. The third-order valence-corrected chi connectivity index (χ3v) is 6.47. The fraction of sp³-hybridized carbons (Fsp3) is 0.677. The Morgan fingerprint density at radius 3 is 2.40 bits per heavy atom. The monoisotopic (exact) mass is 481 g/mol. The van der Waals surface area contributed by atoms with Crippen molar-refractivity contribution in [1.82, 2.24) is 0 Å². The molecule has 35 heavy (non-hydrogen) atoms. The Kier molecular flexibility index (Phi) is 12.6. The van der Waals surface area contributed by atoms with Crippen LogP contribution >= 0.6 is 0 Å². The summed E-state index contributed by atoms with van der Waals surface area (Å²) in [6, 6.07) is 10.2. The van der Waals surface area contributed by atoms with Crippen molar-refractivity contribution in [2.24, 2.45) is 28.7 Å². The van der Waals surface area contributed by atoms with Gasteiger partial charge in [0.05, 0.1) is 18.7 Å². The molecule has 4 heteroatoms. The number of benzene rings is 1. The van der Waals surface area contributed by atoms with E-state index in [9.17, 15) is 4.79 Å². The zero-order chi connectivity index (χ0) is 25.7. The van der Waals surface area contributed by atoms with Gasteiger partial charge in [0.25, 0.3) is 0 Å². The Morgan fingerprint density at radius 1 is 1.11 bits per heavy atom. The number of esters is 1. The summed E-state index contributed by atoms with van der Waals surface area (Å²) < 4.78 is 11.5. The van der Waals surface area contributed by atoms with Crippen LogP contribution in [0.3, 0.4) is 0 Å². The molecule has 0 heterocycles. The van der Waals surface area contributed by atoms with Crippen LogP contribution in [0.1, 0.15) is 91.5 Å². The van der Waals surface area contributed by atoms with Gasteiger partial charge in [-0.15, -0.1) is 0 Å². The first-order valence-corrected chi connectivity index (χ1v) is 13.5. The molecule has 1 fully saturated rings. The van der Waals surface area contributed by atoms with E-state index in [1.165, 1.54) is 37.7 Å². The minimum Gasteiger partial charge on any atom is -0.460 e. The summed E-state index contributed by atoms with van der Waals surface area (Å²) in [7, 11) is 1.79. The number of nitrogens with zero attached hydrogens (tertiary/aromatic N) is 1. The van der Waals surface area contributed by atoms with E-state index in [-0.39, 0.29) is 11.9 Å². The first kappa shape index (κ1) is 29.1. The highest BCUT2D eigenvalue weighted by molar-refractivity contribution is 6.03. The van der Waals surface area contributed by atoms with Crippen LogP contribution in [0.25, 0.3) is 0 Å². The SMILES string of the molecule is CN=C(C#C[C@H]1CC[C@H](CC(C)C)CC1)C(CCCOCc1ccccc1)CC(=O)OC(C)(C)C. The summed E-state index contributed by atoms with van der Waals surface area (Å²) in [6.45, 7) is 11.6. The fourth-order valence-corrected chi connectivity index (χ4v) is 4.84. The number of hydrogen-bond donors (Lipinski definition) is 0. The third-order valence-electron chi connectivity index (χ3n) is 6.47. The Labute approximate surface area is 214 Å². The number of ether oxygens (including phenoxy) is 2. The molecule has 0 radical (unpaired) electrons. The molecular weight excluding hydrogens is 434 g/mol. The van der Waals surface area contributed by atoms with Gasteiger partial charge in [-0.05, 0) is 83.1 Å². The van der Waals surface area contributed by atoms with Crippen LogP contribution in [-0.4, -0.2) is 30.9 Å². The lowest BCUT2D eigenvalue weighted by Gasteiger charge is -2.27. The maximum Gasteiger partial charge on any atom is 0.307 e. The van der Waals surface area contributed by atoms with Gasteiger partial charge in [0.2, 0.25) is 0 Å². The van der Waals surface area contributed by atoms with Gasteiger partial charge >= 0.3 is 5.97 Å². The highest BCUT2D eigenvalue weighted by Crippen LogP contribution is 2.32. The van der Waals surface area contributed by atoms with Crippen molar-refractivity contribution < 1.29 is 14.3 Å². The molecule has 2 rings (SSSR count). The lowest BCUT2D eigenvalue weighted by molar-refractivity contribution is -0.155. The smallest absolute Gasteiger partial charge is 0.307 e. The van der Waals surface area contributed by atoms with Crippen LogP contribution < -0.4 is 0 Å². The number of rotatable bonds is 11. The van der Waals surface area contributed by atoms with Crippen molar-refractivity contribution in [2.45, 2.75) is 98.2 Å². The number of carbonyl (C=O) groups is 1. The summed E-state index contributed by atoms with van der Waals surface area (Å²) in [5.41, 5.74) is 1.50. The highest BCUT2D eigenvalue weighted by atomic mass is 16.6. The molecule has 4 nitrogen and oxygen atoms in total. The molecule has 194 valence electrons. The second kappa shape index (κ2) is 15.1. The molecule has 1 saturated carbocycles. The highest BCUT2D eigenvalue weighted by Gasteiger charge is 2.24. The Morgan fingerprint density at radius 2 is 1.80 bits per heavy atom. The number of aliphatic imine (C=N–C) groups is 1. The Bertz CT molecular complexity index is 833. The van der Waals surface area contributed by atoms with Gasteiger partial charge in [-0.1, -0.05) is 56.0 Å². The number of carbonyl (C=O) groups excluding carboxylic acids is 1. The van der Waals surface area contributed by atoms with Crippen LogP contribution in [0.4, 0.5) is 0 Å². The molecule has 1 unspecified atom stereocenters. The quantitative estimate of drug-likeness (QED) is 0.145. The van der Waals surface area contributed by atoms with Crippen molar-refractivity contribution in [1.29, 1.82) is 0 Å². The second-order valence-electron chi connectivity index (χ2n) is 11.4. The topological polar surface area (TPSA) is 47.9 Å². The van der Waals surface area contributed by atoms with Crippen molar-refractivity contribution in [3.63, 3.8) is 0 Å². The molecule has 0 amide bonds. The van der Waals surface area contributed by atoms with Gasteiger partial charge in [0, 0.05) is 25.5 Å². The summed E-state index contributed by atoms with van der Waals surface area (Å²) in [6.07, 6.45) is 8.17. The van der Waals surface area contributed by atoms with E-state index in [1.54, 1.807) is 7.05 Å². The zero-order valence-electron chi connectivity index (χ0n) is 22.9. The maximum absolute atomic E-state index is 12.6. The van der Waals surface area contributed by atoms with E-state index in [0.717, 1.165) is 30.4 Å². The molecule has 0 bridgehead atoms. The first-order valence-electron chi connectivity index (χ1n) is 13.5. The average Bonchev–Trinajstić information content (AvgIpc) is 2.79. The second-order valence-corrected chi connectivity index (χ2v) is 11.4. The molecule has 1 aromatic rings. The number of hydrogen-bond acceptors (Lipinski definition) is 4. The summed E-state index contributed by atoms with van der Waals surface area (Å²) in [4.78, 5) is 17.2. The molecule has 1 atom stereocenters. The van der Waals surface area contributed by atoms with Gasteiger partial charge in [0.1, 0.15) is 5.60 Å². The van der Waals surface area contributed by atoms with Crippen molar-refractivity contribution >= 4 is 11.7 Å². The largest absolute Gasteiger partial charge is 0.460 e. The first-order chi connectivity index (χ1) is 16.7. The molecule has 0 spiro atoms. The van der Waals surface area contributed by atoms with Crippen LogP contribution in [-0.2, 0) is 20.9 Å². The van der Waals surface area contributed by atoms with E-state index in [4.69, 9.17) is 9.47 Å². The zero-order valence-corrected chi connectivity index (χ0v) is 22.9. The van der Waals surface area contributed by atoms with Gasteiger partial charge in [-0.25, -0.2) is 0 Å². The van der Waals surface area contributed by atoms with E-state index < -0.39 is 5.60 Å². The van der Waals surface area contributed by atoms with E-state index in [1.807, 2.05) is 39.0 Å². The minimum atomic E-state index is -0.496. The predicted octanol–water partition coefficient (Wildman–Crippen LogP) is 7.26. The lowest BCUT2D eigenvalue weighted by atomic mass is 9.78. The Balaban J connectivity index is 1.94. The molecule has 0 aliphatic heterocycles.